The quantitative estimate of drug-likeness (QED) is 0.802. The zero-order chi connectivity index (χ0) is 15.2. The molecule has 0 aromatic heterocycles. The van der Waals surface area contributed by atoms with Crippen LogP contribution in [0.15, 0.2) is 12.1 Å². The Hall–Kier alpha value is -1.51. The molecule has 0 saturated carbocycles. The molecule has 0 bridgehead atoms. The van der Waals surface area contributed by atoms with Crippen LogP contribution in [-0.2, 0) is 4.74 Å². The zero-order valence-corrected chi connectivity index (χ0v) is 13.6. The summed E-state index contributed by atoms with van der Waals surface area (Å²) >= 11 is 0. The molecule has 2 rings (SSSR count). The van der Waals surface area contributed by atoms with Crippen molar-refractivity contribution in [1.82, 2.24) is 0 Å². The summed E-state index contributed by atoms with van der Waals surface area (Å²) in [6, 6.07) is 4.17. The fourth-order valence-electron chi connectivity index (χ4n) is 3.31. The van der Waals surface area contributed by atoms with Crippen LogP contribution in [0.3, 0.4) is 0 Å². The van der Waals surface area contributed by atoms with Crippen molar-refractivity contribution in [3.8, 4) is 0 Å². The Morgan fingerprint density at radius 1 is 1.15 bits per heavy atom. The number of nitrogens with zero attached hydrogens (tertiary/aromatic N) is 1. The number of aryl methyl sites for hydroxylation is 1. The Morgan fingerprint density at radius 2 is 1.75 bits per heavy atom. The minimum atomic E-state index is -0.462. The molecule has 0 spiro atoms. The molecular formula is C17H25NO2. The maximum Gasteiger partial charge on any atom is 0.415 e. The first-order valence-corrected chi connectivity index (χ1v) is 7.26. The molecule has 1 atom stereocenters. The fourth-order valence-corrected chi connectivity index (χ4v) is 3.31. The highest BCUT2D eigenvalue weighted by Crippen LogP contribution is 2.39. The molecule has 0 aliphatic carbocycles. The second kappa shape index (κ2) is 4.80. The van der Waals surface area contributed by atoms with Crippen LogP contribution in [0.4, 0.5) is 10.5 Å². The van der Waals surface area contributed by atoms with Crippen LogP contribution in [0.25, 0.3) is 0 Å². The van der Waals surface area contributed by atoms with E-state index < -0.39 is 5.60 Å². The van der Waals surface area contributed by atoms with Gasteiger partial charge < -0.3 is 4.74 Å². The molecular weight excluding hydrogens is 250 g/mol. The number of carbonyl (C=O) groups is 1. The number of hydrogen-bond acceptors (Lipinski definition) is 2. The number of ether oxygens (including phenoxy) is 1. The van der Waals surface area contributed by atoms with Crippen molar-refractivity contribution < 1.29 is 9.53 Å². The predicted molar refractivity (Wildman–Crippen MR) is 82.3 cm³/mol. The van der Waals surface area contributed by atoms with Gasteiger partial charge in [0.05, 0.1) is 11.7 Å². The Morgan fingerprint density at radius 3 is 2.30 bits per heavy atom. The third-order valence-corrected chi connectivity index (χ3v) is 4.46. The second-order valence-electron chi connectivity index (χ2n) is 6.68. The number of cyclic esters (lactones) is 1. The molecule has 1 aromatic carbocycles. The van der Waals surface area contributed by atoms with Crippen molar-refractivity contribution in [2.24, 2.45) is 5.92 Å². The van der Waals surface area contributed by atoms with Gasteiger partial charge in [-0.3, -0.25) is 4.90 Å². The normalized spacial score (nSPS) is 21.5. The topological polar surface area (TPSA) is 29.5 Å². The molecule has 1 amide bonds. The maximum absolute atomic E-state index is 12.4. The largest absolute Gasteiger partial charge is 0.441 e. The molecule has 0 radical (unpaired) electrons. The van der Waals surface area contributed by atoms with Crippen LogP contribution in [-0.4, -0.2) is 17.7 Å². The van der Waals surface area contributed by atoms with Crippen LogP contribution < -0.4 is 4.90 Å². The van der Waals surface area contributed by atoms with Crippen molar-refractivity contribution in [2.75, 3.05) is 4.90 Å². The van der Waals surface area contributed by atoms with Gasteiger partial charge in [0.2, 0.25) is 0 Å². The van der Waals surface area contributed by atoms with Gasteiger partial charge in [0.1, 0.15) is 5.60 Å². The Kier molecular flexibility index (Phi) is 3.57. The van der Waals surface area contributed by atoms with E-state index in [2.05, 4.69) is 40.7 Å². The van der Waals surface area contributed by atoms with Gasteiger partial charge >= 0.3 is 6.09 Å². The third kappa shape index (κ3) is 2.19. The van der Waals surface area contributed by atoms with Gasteiger partial charge in [-0.15, -0.1) is 0 Å². The average Bonchev–Trinajstić information content (AvgIpc) is 2.56. The van der Waals surface area contributed by atoms with Gasteiger partial charge in [-0.05, 0) is 63.3 Å². The van der Waals surface area contributed by atoms with Crippen molar-refractivity contribution in [2.45, 2.75) is 60.1 Å². The van der Waals surface area contributed by atoms with E-state index in [-0.39, 0.29) is 12.1 Å². The molecule has 1 heterocycles. The number of anilines is 1. The highest BCUT2D eigenvalue weighted by atomic mass is 16.6. The molecule has 1 aromatic rings. The Balaban J connectivity index is 2.56. The second-order valence-corrected chi connectivity index (χ2v) is 6.68. The van der Waals surface area contributed by atoms with Crippen LogP contribution >= 0.6 is 0 Å². The number of amides is 1. The number of carbonyl (C=O) groups excluding carboxylic acids is 1. The van der Waals surface area contributed by atoms with Gasteiger partial charge in [0.15, 0.2) is 0 Å². The third-order valence-electron chi connectivity index (χ3n) is 4.46. The lowest BCUT2D eigenvalue weighted by Gasteiger charge is -2.33. The Bertz CT molecular complexity index is 546. The van der Waals surface area contributed by atoms with E-state index in [1.165, 1.54) is 11.1 Å². The summed E-state index contributed by atoms with van der Waals surface area (Å²) in [5, 5.41) is 0. The summed E-state index contributed by atoms with van der Waals surface area (Å²) in [4.78, 5) is 14.2. The minimum Gasteiger partial charge on any atom is -0.441 e. The molecule has 0 N–H and O–H groups in total. The van der Waals surface area contributed by atoms with Gasteiger partial charge in [0.25, 0.3) is 0 Å². The van der Waals surface area contributed by atoms with Gasteiger partial charge in [-0.25, -0.2) is 4.79 Å². The fraction of sp³-hybridized carbons (Fsp3) is 0.588. The maximum atomic E-state index is 12.4. The summed E-state index contributed by atoms with van der Waals surface area (Å²) in [6.45, 7) is 14.5. The lowest BCUT2D eigenvalue weighted by molar-refractivity contribution is 0.0592. The molecule has 20 heavy (non-hydrogen) atoms. The van der Waals surface area contributed by atoms with Crippen molar-refractivity contribution >= 4 is 11.8 Å². The van der Waals surface area contributed by atoms with Crippen molar-refractivity contribution in [1.29, 1.82) is 0 Å². The Labute approximate surface area is 121 Å². The molecule has 1 aliphatic rings. The smallest absolute Gasteiger partial charge is 0.415 e. The lowest BCUT2D eigenvalue weighted by atomic mass is 9.88. The van der Waals surface area contributed by atoms with E-state index in [9.17, 15) is 4.79 Å². The van der Waals surface area contributed by atoms with Crippen LogP contribution in [0.1, 0.15) is 44.4 Å². The van der Waals surface area contributed by atoms with E-state index in [4.69, 9.17) is 4.74 Å². The molecule has 3 heteroatoms. The summed E-state index contributed by atoms with van der Waals surface area (Å²) in [7, 11) is 0. The molecule has 0 unspecified atom stereocenters. The SMILES string of the molecule is Cc1ccc(N2C(=O)OC(C)(C)[C@@H]2C(C)C)c(C)c1C. The minimum absolute atomic E-state index is 0.0517. The van der Waals surface area contributed by atoms with E-state index in [1.807, 2.05) is 24.8 Å². The highest BCUT2D eigenvalue weighted by molar-refractivity contribution is 5.92. The van der Waals surface area contributed by atoms with Crippen LogP contribution in [0.2, 0.25) is 0 Å². The average molecular weight is 275 g/mol. The van der Waals surface area contributed by atoms with Gasteiger partial charge in [-0.1, -0.05) is 19.9 Å². The summed E-state index contributed by atoms with van der Waals surface area (Å²) < 4.78 is 5.60. The van der Waals surface area contributed by atoms with Crippen molar-refractivity contribution in [3.63, 3.8) is 0 Å². The van der Waals surface area contributed by atoms with E-state index in [1.54, 1.807) is 0 Å². The first-order chi connectivity index (χ1) is 9.16. The van der Waals surface area contributed by atoms with E-state index in [0.717, 1.165) is 11.3 Å². The molecule has 1 saturated heterocycles. The number of hydrogen-bond donors (Lipinski definition) is 0. The van der Waals surface area contributed by atoms with Gasteiger partial charge in [-0.2, -0.15) is 0 Å². The van der Waals surface area contributed by atoms with E-state index in [0.29, 0.717) is 5.92 Å². The molecule has 1 fully saturated rings. The summed E-state index contributed by atoms with van der Waals surface area (Å²) in [5.74, 6) is 0.331. The lowest BCUT2D eigenvalue weighted by Crippen LogP contribution is -2.45. The van der Waals surface area contributed by atoms with Crippen molar-refractivity contribution in [3.05, 3.63) is 28.8 Å². The molecule has 1 aliphatic heterocycles. The summed E-state index contributed by atoms with van der Waals surface area (Å²) in [5.41, 5.74) is 4.16. The summed E-state index contributed by atoms with van der Waals surface area (Å²) in [6.07, 6.45) is -0.236. The zero-order valence-electron chi connectivity index (χ0n) is 13.6. The first-order valence-electron chi connectivity index (χ1n) is 7.26. The molecule has 3 nitrogen and oxygen atoms in total. The van der Waals surface area contributed by atoms with E-state index >= 15 is 0 Å². The van der Waals surface area contributed by atoms with Gasteiger partial charge in [0, 0.05) is 0 Å². The number of rotatable bonds is 2. The highest BCUT2D eigenvalue weighted by Gasteiger charge is 2.50. The van der Waals surface area contributed by atoms with Crippen LogP contribution in [0, 0.1) is 26.7 Å². The first kappa shape index (κ1) is 14.9. The monoisotopic (exact) mass is 275 g/mol. The predicted octanol–water partition coefficient (Wildman–Crippen LogP) is 4.37. The standard InChI is InChI=1S/C17H25NO2/c1-10(2)15-17(6,7)20-16(19)18(15)14-9-8-11(3)12(4)13(14)5/h8-10,15H,1-7H3/t15-/m0/s1. The number of benzene rings is 1. The van der Waals surface area contributed by atoms with Crippen LogP contribution in [0.5, 0.6) is 0 Å². The molecule has 110 valence electrons.